The highest BCUT2D eigenvalue weighted by molar-refractivity contribution is 6.03. The molecule has 0 atom stereocenters. The topological polar surface area (TPSA) is 89.5 Å². The highest BCUT2D eigenvalue weighted by atomic mass is 16.5. The van der Waals surface area contributed by atoms with Gasteiger partial charge in [-0.1, -0.05) is 6.07 Å². The van der Waals surface area contributed by atoms with Gasteiger partial charge in [0.2, 0.25) is 5.91 Å². The molecular weight excluding hydrogens is 370 g/mol. The van der Waals surface area contributed by atoms with Crippen molar-refractivity contribution in [3.05, 3.63) is 54.7 Å². The van der Waals surface area contributed by atoms with Gasteiger partial charge in [0.15, 0.2) is 6.61 Å². The molecule has 7 heteroatoms. The van der Waals surface area contributed by atoms with E-state index in [2.05, 4.69) is 15.6 Å². The number of ether oxygens (including phenoxy) is 2. The molecule has 7 nitrogen and oxygen atoms in total. The first kappa shape index (κ1) is 18.7. The third-order valence-electron chi connectivity index (χ3n) is 4.65. The number of amides is 2. The van der Waals surface area contributed by atoms with Crippen molar-refractivity contribution < 1.29 is 19.1 Å². The molecule has 0 saturated heterocycles. The molecule has 0 spiro atoms. The van der Waals surface area contributed by atoms with E-state index in [1.54, 1.807) is 55.8 Å². The van der Waals surface area contributed by atoms with Crippen LogP contribution in [0.2, 0.25) is 0 Å². The number of carbonyl (C=O) groups excluding carboxylic acids is 2. The van der Waals surface area contributed by atoms with E-state index < -0.39 is 0 Å². The van der Waals surface area contributed by atoms with Gasteiger partial charge in [-0.05, 0) is 49.2 Å². The Bertz CT molecular complexity index is 1060. The molecule has 3 aromatic rings. The number of fused-ring (bicyclic) bond motifs is 1. The van der Waals surface area contributed by atoms with Crippen LogP contribution in [0.5, 0.6) is 11.5 Å². The summed E-state index contributed by atoms with van der Waals surface area (Å²) in [5.74, 6) is 1.00. The van der Waals surface area contributed by atoms with E-state index in [0.717, 1.165) is 18.2 Å². The Morgan fingerprint density at radius 2 is 1.97 bits per heavy atom. The van der Waals surface area contributed by atoms with Crippen LogP contribution in [0.4, 0.5) is 11.4 Å². The van der Waals surface area contributed by atoms with Crippen LogP contribution in [0, 0.1) is 5.92 Å². The van der Waals surface area contributed by atoms with E-state index in [0.29, 0.717) is 28.4 Å². The fourth-order valence-corrected chi connectivity index (χ4v) is 3.01. The number of nitrogens with one attached hydrogen (secondary N) is 2. The van der Waals surface area contributed by atoms with Crippen molar-refractivity contribution in [1.29, 1.82) is 0 Å². The van der Waals surface area contributed by atoms with Gasteiger partial charge in [-0.15, -0.1) is 0 Å². The summed E-state index contributed by atoms with van der Waals surface area (Å²) in [6.07, 6.45) is 3.56. The zero-order valence-corrected chi connectivity index (χ0v) is 16.0. The van der Waals surface area contributed by atoms with E-state index in [9.17, 15) is 9.59 Å². The lowest BCUT2D eigenvalue weighted by molar-refractivity contribution is -0.118. The first-order valence-corrected chi connectivity index (χ1v) is 9.39. The molecule has 1 aromatic heterocycles. The van der Waals surface area contributed by atoms with Gasteiger partial charge in [-0.3, -0.25) is 14.6 Å². The number of hydrogen-bond acceptors (Lipinski definition) is 5. The van der Waals surface area contributed by atoms with Crippen LogP contribution >= 0.6 is 0 Å². The molecule has 29 heavy (non-hydrogen) atoms. The van der Waals surface area contributed by atoms with Crippen LogP contribution in [0.15, 0.2) is 54.7 Å². The van der Waals surface area contributed by atoms with Crippen LogP contribution in [-0.2, 0) is 9.59 Å². The van der Waals surface area contributed by atoms with E-state index in [-0.39, 0.29) is 24.3 Å². The van der Waals surface area contributed by atoms with Crippen molar-refractivity contribution in [2.45, 2.75) is 12.8 Å². The Balaban J connectivity index is 1.39. The lowest BCUT2D eigenvalue weighted by Gasteiger charge is -2.12. The Labute approximate surface area is 168 Å². The molecule has 4 rings (SSSR count). The van der Waals surface area contributed by atoms with Crippen LogP contribution in [0.25, 0.3) is 10.9 Å². The highest BCUT2D eigenvalue weighted by Crippen LogP contribution is 2.31. The predicted molar refractivity (Wildman–Crippen MR) is 110 cm³/mol. The molecule has 1 saturated carbocycles. The maximum Gasteiger partial charge on any atom is 0.262 e. The third-order valence-corrected chi connectivity index (χ3v) is 4.65. The van der Waals surface area contributed by atoms with Gasteiger partial charge in [-0.2, -0.15) is 0 Å². The van der Waals surface area contributed by atoms with Gasteiger partial charge >= 0.3 is 0 Å². The fraction of sp³-hybridized carbons (Fsp3) is 0.227. The van der Waals surface area contributed by atoms with Crippen LogP contribution in [-0.4, -0.2) is 30.5 Å². The van der Waals surface area contributed by atoms with Crippen molar-refractivity contribution in [3.8, 4) is 11.5 Å². The number of benzene rings is 2. The number of nitrogens with zero attached hydrogens (tertiary/aromatic N) is 1. The number of rotatable bonds is 7. The highest BCUT2D eigenvalue weighted by Gasteiger charge is 2.29. The summed E-state index contributed by atoms with van der Waals surface area (Å²) in [6.45, 7) is -0.159. The molecule has 148 valence electrons. The second-order valence-electron chi connectivity index (χ2n) is 6.84. The van der Waals surface area contributed by atoms with Crippen LogP contribution in [0.1, 0.15) is 12.8 Å². The second-order valence-corrected chi connectivity index (χ2v) is 6.84. The van der Waals surface area contributed by atoms with Crippen LogP contribution < -0.4 is 20.1 Å². The minimum Gasteiger partial charge on any atom is -0.494 e. The van der Waals surface area contributed by atoms with Crippen molar-refractivity contribution in [1.82, 2.24) is 4.98 Å². The van der Waals surface area contributed by atoms with Gasteiger partial charge in [0.25, 0.3) is 5.91 Å². The molecule has 0 aliphatic heterocycles. The van der Waals surface area contributed by atoms with Crippen molar-refractivity contribution in [3.63, 3.8) is 0 Å². The van der Waals surface area contributed by atoms with E-state index >= 15 is 0 Å². The molecule has 1 aliphatic carbocycles. The van der Waals surface area contributed by atoms with Gasteiger partial charge in [0.1, 0.15) is 17.0 Å². The average molecular weight is 391 g/mol. The maximum absolute atomic E-state index is 12.4. The number of aromatic nitrogens is 1. The first-order valence-electron chi connectivity index (χ1n) is 9.39. The number of carbonyl (C=O) groups is 2. The molecule has 0 bridgehead atoms. The summed E-state index contributed by atoms with van der Waals surface area (Å²) in [5.41, 5.74) is 1.97. The average Bonchev–Trinajstić information content (AvgIpc) is 3.58. The minimum atomic E-state index is -0.298. The lowest BCUT2D eigenvalue weighted by atomic mass is 10.1. The molecule has 2 amide bonds. The van der Waals surface area contributed by atoms with Gasteiger partial charge in [-0.25, -0.2) is 0 Å². The molecule has 0 unspecified atom stereocenters. The summed E-state index contributed by atoms with van der Waals surface area (Å²) >= 11 is 0. The monoisotopic (exact) mass is 391 g/mol. The molecule has 1 aliphatic rings. The normalized spacial score (nSPS) is 13.0. The largest absolute Gasteiger partial charge is 0.494 e. The molecule has 0 radical (unpaired) electrons. The number of anilines is 2. The number of hydrogen-bond donors (Lipinski definition) is 2. The minimum absolute atomic E-state index is 0.0277. The Hall–Kier alpha value is -3.61. The van der Waals surface area contributed by atoms with Crippen molar-refractivity contribution in [2.75, 3.05) is 24.4 Å². The third kappa shape index (κ3) is 4.45. The zero-order chi connectivity index (χ0) is 20.2. The summed E-state index contributed by atoms with van der Waals surface area (Å²) in [4.78, 5) is 28.6. The Morgan fingerprint density at radius 1 is 1.10 bits per heavy atom. The second kappa shape index (κ2) is 8.18. The zero-order valence-electron chi connectivity index (χ0n) is 16.0. The number of methoxy groups -OCH3 is 1. The standard InChI is InChI=1S/C22H21N3O4/c1-28-19-10-9-18(17-6-3-11-23-21(17)19)25-20(26)13-29-16-5-2-4-15(12-16)24-22(27)14-7-8-14/h2-6,9-12,14H,7-8,13H2,1H3,(H,24,27)(H,25,26). The Kier molecular flexibility index (Phi) is 5.29. The first-order chi connectivity index (χ1) is 14.1. The molecular formula is C22H21N3O4. The number of pyridine rings is 1. The van der Waals surface area contributed by atoms with Gasteiger partial charge in [0.05, 0.1) is 12.8 Å². The summed E-state index contributed by atoms with van der Waals surface area (Å²) in [5, 5.41) is 6.49. The van der Waals surface area contributed by atoms with Gasteiger partial charge < -0.3 is 20.1 Å². The molecule has 2 aromatic carbocycles. The molecule has 1 heterocycles. The smallest absolute Gasteiger partial charge is 0.262 e. The summed E-state index contributed by atoms with van der Waals surface area (Å²) in [7, 11) is 1.58. The van der Waals surface area contributed by atoms with Crippen molar-refractivity contribution in [2.24, 2.45) is 5.92 Å². The molecule has 1 fully saturated rings. The quantitative estimate of drug-likeness (QED) is 0.642. The van der Waals surface area contributed by atoms with Gasteiger partial charge in [0, 0.05) is 29.3 Å². The summed E-state index contributed by atoms with van der Waals surface area (Å²) in [6, 6.07) is 14.2. The van der Waals surface area contributed by atoms with E-state index in [4.69, 9.17) is 9.47 Å². The lowest BCUT2D eigenvalue weighted by Crippen LogP contribution is -2.20. The van der Waals surface area contributed by atoms with Crippen LogP contribution in [0.3, 0.4) is 0 Å². The predicted octanol–water partition coefficient (Wildman–Crippen LogP) is 3.61. The SMILES string of the molecule is COc1ccc(NC(=O)COc2cccc(NC(=O)C3CC3)c2)c2cccnc12. The maximum atomic E-state index is 12.4. The fourth-order valence-electron chi connectivity index (χ4n) is 3.01. The Morgan fingerprint density at radius 3 is 2.76 bits per heavy atom. The van der Waals surface area contributed by atoms with E-state index in [1.165, 1.54) is 0 Å². The van der Waals surface area contributed by atoms with E-state index in [1.807, 2.05) is 6.07 Å². The summed E-state index contributed by atoms with van der Waals surface area (Å²) < 4.78 is 10.9. The molecule has 2 N–H and O–H groups in total. The van der Waals surface area contributed by atoms with Crippen molar-refractivity contribution >= 4 is 34.1 Å².